The summed E-state index contributed by atoms with van der Waals surface area (Å²) in [5, 5.41) is 0.758. The lowest BCUT2D eigenvalue weighted by Gasteiger charge is -2.12. The summed E-state index contributed by atoms with van der Waals surface area (Å²) in [6.07, 6.45) is 1.86. The zero-order valence-electron chi connectivity index (χ0n) is 14.3. The van der Waals surface area contributed by atoms with E-state index in [4.69, 9.17) is 9.47 Å². The molecule has 0 N–H and O–H groups in total. The number of amidine groups is 1. The number of methoxy groups -OCH3 is 1. The maximum Gasteiger partial charge on any atom is 0.266 e. The molecule has 0 bridgehead atoms. The summed E-state index contributed by atoms with van der Waals surface area (Å²) >= 11 is 4.90. The van der Waals surface area contributed by atoms with E-state index in [0.29, 0.717) is 36.1 Å². The largest absolute Gasteiger partial charge is 0.492 e. The lowest BCUT2D eigenvalue weighted by atomic mass is 10.2. The van der Waals surface area contributed by atoms with Crippen molar-refractivity contribution in [3.63, 3.8) is 0 Å². The summed E-state index contributed by atoms with van der Waals surface area (Å²) in [7, 11) is 1.60. The van der Waals surface area contributed by atoms with E-state index in [2.05, 4.69) is 20.9 Å². The number of nitrogens with zero attached hydrogens (tertiary/aromatic N) is 2. The molecule has 1 heterocycles. The number of carbonyl (C=O) groups is 1. The molecule has 0 aromatic heterocycles. The molecule has 24 heavy (non-hydrogen) atoms. The third-order valence-electron chi connectivity index (χ3n) is 3.33. The summed E-state index contributed by atoms with van der Waals surface area (Å²) in [5.74, 6) is 1.28. The molecule has 0 spiro atoms. The molecule has 5 nitrogen and oxygen atoms in total. The SMILES string of the molecule is CCN=C1S/C(=C/c2cc(Br)c(OC)c(OCC)c2)C(=O)N1CC. The molecule has 1 aromatic carbocycles. The first kappa shape index (κ1) is 18.9. The third-order valence-corrected chi connectivity index (χ3v) is 4.96. The van der Waals surface area contributed by atoms with Crippen molar-refractivity contribution in [2.75, 3.05) is 26.8 Å². The van der Waals surface area contributed by atoms with Crippen LogP contribution in [-0.4, -0.2) is 42.8 Å². The summed E-state index contributed by atoms with van der Waals surface area (Å²) in [4.78, 5) is 19.3. The molecule has 1 saturated heterocycles. The molecule has 2 rings (SSSR count). The predicted octanol–water partition coefficient (Wildman–Crippen LogP) is 4.17. The van der Waals surface area contributed by atoms with Gasteiger partial charge >= 0.3 is 0 Å². The molecule has 0 aliphatic carbocycles. The third kappa shape index (κ3) is 3.95. The van der Waals surface area contributed by atoms with E-state index < -0.39 is 0 Å². The minimum Gasteiger partial charge on any atom is -0.492 e. The fraction of sp³-hybridized carbons (Fsp3) is 0.412. The fourth-order valence-corrected chi connectivity index (χ4v) is 4.05. The monoisotopic (exact) mass is 412 g/mol. The van der Waals surface area contributed by atoms with Crippen LogP contribution in [0.5, 0.6) is 11.5 Å². The number of likely N-dealkylation sites (N-methyl/N-ethyl adjacent to an activating group) is 1. The minimum absolute atomic E-state index is 0.0143. The van der Waals surface area contributed by atoms with E-state index in [9.17, 15) is 4.79 Å². The summed E-state index contributed by atoms with van der Waals surface area (Å²) in [6, 6.07) is 3.78. The average Bonchev–Trinajstić information content (AvgIpc) is 2.83. The highest BCUT2D eigenvalue weighted by Gasteiger charge is 2.31. The Bertz CT molecular complexity index is 689. The van der Waals surface area contributed by atoms with Gasteiger partial charge in [0.05, 0.1) is 23.1 Å². The van der Waals surface area contributed by atoms with Gasteiger partial charge in [-0.2, -0.15) is 0 Å². The number of ether oxygens (including phenoxy) is 2. The van der Waals surface area contributed by atoms with Crippen molar-refractivity contribution in [3.8, 4) is 11.5 Å². The van der Waals surface area contributed by atoms with Gasteiger partial charge in [-0.05, 0) is 72.2 Å². The quantitative estimate of drug-likeness (QED) is 0.657. The molecular formula is C17H21BrN2O3S. The van der Waals surface area contributed by atoms with Crippen LogP contribution < -0.4 is 9.47 Å². The lowest BCUT2D eigenvalue weighted by molar-refractivity contribution is -0.122. The highest BCUT2D eigenvalue weighted by Crippen LogP contribution is 2.39. The van der Waals surface area contributed by atoms with Crippen LogP contribution in [0.3, 0.4) is 0 Å². The van der Waals surface area contributed by atoms with E-state index in [1.165, 1.54) is 11.8 Å². The van der Waals surface area contributed by atoms with Crippen molar-refractivity contribution < 1.29 is 14.3 Å². The Kier molecular flexibility index (Phi) is 6.74. The molecule has 0 saturated carbocycles. The van der Waals surface area contributed by atoms with Crippen molar-refractivity contribution in [1.29, 1.82) is 0 Å². The molecule has 0 unspecified atom stereocenters. The first-order chi connectivity index (χ1) is 11.5. The van der Waals surface area contributed by atoms with E-state index >= 15 is 0 Å². The number of amides is 1. The van der Waals surface area contributed by atoms with Gasteiger partial charge < -0.3 is 9.47 Å². The summed E-state index contributed by atoms with van der Waals surface area (Å²) in [5.41, 5.74) is 0.871. The number of thioether (sulfide) groups is 1. The average molecular weight is 413 g/mol. The van der Waals surface area contributed by atoms with Crippen LogP contribution in [-0.2, 0) is 4.79 Å². The predicted molar refractivity (Wildman–Crippen MR) is 103 cm³/mol. The number of halogens is 1. The van der Waals surface area contributed by atoms with E-state index in [-0.39, 0.29) is 5.91 Å². The van der Waals surface area contributed by atoms with E-state index in [1.54, 1.807) is 12.0 Å². The van der Waals surface area contributed by atoms with Crippen LogP contribution in [0.25, 0.3) is 6.08 Å². The van der Waals surface area contributed by atoms with Crippen molar-refractivity contribution in [2.45, 2.75) is 20.8 Å². The number of hydrogen-bond donors (Lipinski definition) is 0. The van der Waals surface area contributed by atoms with Crippen LogP contribution in [0.1, 0.15) is 26.3 Å². The van der Waals surface area contributed by atoms with Gasteiger partial charge in [-0.15, -0.1) is 0 Å². The number of hydrogen-bond acceptors (Lipinski definition) is 5. The first-order valence-corrected chi connectivity index (χ1v) is 9.42. The second-order valence-corrected chi connectivity index (χ2v) is 6.75. The van der Waals surface area contributed by atoms with Crippen LogP contribution in [0.4, 0.5) is 0 Å². The maximum atomic E-state index is 12.5. The van der Waals surface area contributed by atoms with Gasteiger partial charge in [0.2, 0.25) is 0 Å². The Balaban J connectivity index is 2.41. The highest BCUT2D eigenvalue weighted by molar-refractivity contribution is 9.10. The normalized spacial score (nSPS) is 17.9. The Morgan fingerprint density at radius 1 is 1.33 bits per heavy atom. The van der Waals surface area contributed by atoms with Gasteiger partial charge in [0.1, 0.15) is 0 Å². The van der Waals surface area contributed by atoms with Gasteiger partial charge in [0.15, 0.2) is 16.7 Å². The molecule has 1 aromatic rings. The molecule has 1 amide bonds. The van der Waals surface area contributed by atoms with Crippen LogP contribution in [0.2, 0.25) is 0 Å². The highest BCUT2D eigenvalue weighted by atomic mass is 79.9. The Morgan fingerprint density at radius 3 is 2.67 bits per heavy atom. The van der Waals surface area contributed by atoms with E-state index in [1.807, 2.05) is 39.0 Å². The zero-order chi connectivity index (χ0) is 17.7. The van der Waals surface area contributed by atoms with E-state index in [0.717, 1.165) is 15.2 Å². The fourth-order valence-electron chi connectivity index (χ4n) is 2.32. The topological polar surface area (TPSA) is 51.1 Å². The number of carbonyl (C=O) groups excluding carboxylic acids is 1. The van der Waals surface area contributed by atoms with Crippen LogP contribution >= 0.6 is 27.7 Å². The molecule has 0 radical (unpaired) electrons. The molecular weight excluding hydrogens is 392 g/mol. The van der Waals surface area contributed by atoms with Crippen molar-refractivity contribution in [1.82, 2.24) is 4.90 Å². The number of rotatable bonds is 6. The van der Waals surface area contributed by atoms with Crippen molar-refractivity contribution in [3.05, 3.63) is 27.1 Å². The van der Waals surface area contributed by atoms with Gasteiger partial charge in [-0.25, -0.2) is 0 Å². The van der Waals surface area contributed by atoms with Crippen LogP contribution in [0.15, 0.2) is 26.5 Å². The molecule has 1 fully saturated rings. The molecule has 1 aliphatic rings. The Morgan fingerprint density at radius 2 is 2.08 bits per heavy atom. The zero-order valence-corrected chi connectivity index (χ0v) is 16.7. The number of aliphatic imine (C=N–C) groups is 1. The maximum absolute atomic E-state index is 12.5. The molecule has 130 valence electrons. The van der Waals surface area contributed by atoms with Gasteiger partial charge in [-0.3, -0.25) is 14.7 Å². The number of benzene rings is 1. The second kappa shape index (κ2) is 8.58. The Hall–Kier alpha value is -1.47. The van der Waals surface area contributed by atoms with Crippen molar-refractivity contribution in [2.24, 2.45) is 4.99 Å². The standard InChI is InChI=1S/C17H21BrN2O3S/c1-5-19-17-20(6-2)16(21)14(24-17)10-11-8-12(18)15(22-4)13(9-11)23-7-3/h8-10H,5-7H2,1-4H3/b14-10+,19-17?. The molecule has 7 heteroatoms. The van der Waals surface area contributed by atoms with Gasteiger partial charge in [-0.1, -0.05) is 0 Å². The minimum atomic E-state index is -0.0143. The second-order valence-electron chi connectivity index (χ2n) is 4.88. The smallest absolute Gasteiger partial charge is 0.266 e. The van der Waals surface area contributed by atoms with Gasteiger partial charge in [0.25, 0.3) is 5.91 Å². The Labute approximate surface area is 155 Å². The molecule has 0 atom stereocenters. The molecule has 1 aliphatic heterocycles. The lowest BCUT2D eigenvalue weighted by Crippen LogP contribution is -2.28. The van der Waals surface area contributed by atoms with Crippen LogP contribution in [0, 0.1) is 0 Å². The van der Waals surface area contributed by atoms with Crippen molar-refractivity contribution >= 4 is 44.8 Å². The summed E-state index contributed by atoms with van der Waals surface area (Å²) < 4.78 is 11.8. The first-order valence-electron chi connectivity index (χ1n) is 7.81. The van der Waals surface area contributed by atoms with Gasteiger partial charge in [0, 0.05) is 13.1 Å². The summed E-state index contributed by atoms with van der Waals surface area (Å²) in [6.45, 7) is 7.63.